The molecule has 186 valence electrons. The molecule has 3 rings (SSSR count). The zero-order chi connectivity index (χ0) is 25.9. The fraction of sp³-hybridized carbons (Fsp3) is 0.238. The van der Waals surface area contributed by atoms with E-state index in [1.165, 1.54) is 18.3 Å². The highest BCUT2D eigenvalue weighted by molar-refractivity contribution is 6.32. The van der Waals surface area contributed by atoms with Crippen LogP contribution in [0.15, 0.2) is 46.2 Å². The van der Waals surface area contributed by atoms with Crippen molar-refractivity contribution < 1.29 is 36.6 Å². The largest absolute Gasteiger partial charge is 0.463 e. The zero-order valence-corrected chi connectivity index (χ0v) is 18.8. The molecule has 0 saturated heterocycles. The smallest absolute Gasteiger partial charge is 0.423 e. The summed E-state index contributed by atoms with van der Waals surface area (Å²) < 4.78 is 70.7. The Balaban J connectivity index is 2.08. The minimum absolute atomic E-state index is 0.0166. The van der Waals surface area contributed by atoms with Crippen LogP contribution in [-0.2, 0) is 22.8 Å². The first-order chi connectivity index (χ1) is 16.4. The highest BCUT2D eigenvalue weighted by Gasteiger charge is 2.36. The molecule has 0 radical (unpaired) electrons. The van der Waals surface area contributed by atoms with E-state index in [2.05, 4.69) is 4.98 Å². The number of alkyl halides is 3. The van der Waals surface area contributed by atoms with E-state index >= 15 is 0 Å². The number of hydrogen-bond acceptors (Lipinski definition) is 7. The van der Waals surface area contributed by atoms with E-state index in [9.17, 15) is 31.9 Å². The van der Waals surface area contributed by atoms with E-state index in [-0.39, 0.29) is 33.6 Å². The van der Waals surface area contributed by atoms with Gasteiger partial charge in [-0.2, -0.15) is 13.2 Å². The lowest BCUT2D eigenvalue weighted by Gasteiger charge is -2.15. The lowest BCUT2D eigenvalue weighted by molar-refractivity contribution is -0.145. The first-order valence-electron chi connectivity index (χ1n) is 9.74. The number of carbonyl (C=O) groups is 1. The van der Waals surface area contributed by atoms with Crippen molar-refractivity contribution >= 4 is 17.6 Å². The molecule has 0 aliphatic carbocycles. The lowest BCUT2D eigenvalue weighted by Crippen LogP contribution is -2.41. The summed E-state index contributed by atoms with van der Waals surface area (Å²) in [6.45, 7) is 1.21. The number of nitrogens with zero attached hydrogens (tertiary/aromatic N) is 3. The second kappa shape index (κ2) is 10.2. The van der Waals surface area contributed by atoms with Crippen molar-refractivity contribution in [1.29, 1.82) is 0 Å². The number of pyridine rings is 1. The van der Waals surface area contributed by atoms with Crippen molar-refractivity contribution in [2.24, 2.45) is 7.05 Å². The van der Waals surface area contributed by atoms with Gasteiger partial charge in [0, 0.05) is 25.5 Å². The van der Waals surface area contributed by atoms with Gasteiger partial charge in [0.1, 0.15) is 17.1 Å². The number of rotatable bonds is 7. The molecule has 0 aliphatic rings. The molecule has 0 bridgehead atoms. The fourth-order valence-electron chi connectivity index (χ4n) is 2.85. The van der Waals surface area contributed by atoms with Crippen molar-refractivity contribution in [3.05, 3.63) is 73.9 Å². The Labute approximate surface area is 199 Å². The van der Waals surface area contributed by atoms with Gasteiger partial charge in [0.05, 0.1) is 17.3 Å². The monoisotopic (exact) mass is 517 g/mol. The third kappa shape index (κ3) is 5.62. The number of esters is 1. The minimum Gasteiger partial charge on any atom is -0.463 e. The predicted molar refractivity (Wildman–Crippen MR) is 114 cm³/mol. The van der Waals surface area contributed by atoms with E-state index in [1.807, 2.05) is 0 Å². The molecule has 3 aromatic rings. The van der Waals surface area contributed by atoms with Crippen LogP contribution in [0.1, 0.15) is 12.5 Å². The normalized spacial score (nSPS) is 11.3. The number of aromatic nitrogens is 3. The molecule has 0 amide bonds. The molecular formula is C21H16ClF4N3O6. The molecule has 2 aromatic heterocycles. The van der Waals surface area contributed by atoms with E-state index in [1.54, 1.807) is 6.92 Å². The van der Waals surface area contributed by atoms with Crippen molar-refractivity contribution in [2.75, 3.05) is 13.2 Å². The van der Waals surface area contributed by atoms with Crippen molar-refractivity contribution in [3.8, 4) is 23.1 Å². The molecule has 14 heteroatoms. The van der Waals surface area contributed by atoms with Crippen LogP contribution in [0.25, 0.3) is 5.69 Å². The van der Waals surface area contributed by atoms with Crippen LogP contribution in [0.3, 0.4) is 0 Å². The summed E-state index contributed by atoms with van der Waals surface area (Å²) in [4.78, 5) is 40.4. The van der Waals surface area contributed by atoms with Gasteiger partial charge in [-0.15, -0.1) is 0 Å². The Kier molecular flexibility index (Phi) is 7.48. The lowest BCUT2D eigenvalue weighted by atomic mass is 10.2. The summed E-state index contributed by atoms with van der Waals surface area (Å²) in [5, 5.41) is -0.344. The van der Waals surface area contributed by atoms with Crippen molar-refractivity contribution in [3.63, 3.8) is 0 Å². The minimum atomic E-state index is -5.10. The maximum atomic E-state index is 14.7. The van der Waals surface area contributed by atoms with Gasteiger partial charge in [-0.25, -0.2) is 23.5 Å². The Morgan fingerprint density at radius 2 is 1.91 bits per heavy atom. The molecule has 0 unspecified atom stereocenters. The number of carbonyl (C=O) groups excluding carboxylic acids is 1. The number of benzene rings is 1. The van der Waals surface area contributed by atoms with Crippen LogP contribution in [0.5, 0.6) is 17.4 Å². The summed E-state index contributed by atoms with van der Waals surface area (Å²) >= 11 is 6.02. The van der Waals surface area contributed by atoms with E-state index in [4.69, 9.17) is 25.8 Å². The zero-order valence-electron chi connectivity index (χ0n) is 18.1. The molecule has 0 N–H and O–H groups in total. The SMILES string of the molecule is CCOC(=O)COc1ncccc1Oc1cc(-n2c(=O)c(C(F)(F)F)cn(C)c2=O)c(F)cc1Cl. The number of hydrogen-bond donors (Lipinski definition) is 0. The van der Waals surface area contributed by atoms with Crippen LogP contribution in [0, 0.1) is 5.82 Å². The first kappa shape index (κ1) is 25.7. The quantitative estimate of drug-likeness (QED) is 0.349. The van der Waals surface area contributed by atoms with Gasteiger partial charge >= 0.3 is 17.8 Å². The molecule has 1 aromatic carbocycles. The molecule has 0 spiro atoms. The van der Waals surface area contributed by atoms with Crippen LogP contribution < -0.4 is 20.7 Å². The molecule has 35 heavy (non-hydrogen) atoms. The number of halogens is 5. The molecular weight excluding hydrogens is 502 g/mol. The standard InChI is InChI=1S/C21H16ClF4N3O6/c1-3-33-17(30)10-34-18-15(5-4-6-27-18)35-16-8-14(13(23)7-12(16)22)29-19(31)11(21(24,25)26)9-28(2)20(29)32/h4-9H,3,10H2,1-2H3. The molecule has 9 nitrogen and oxygen atoms in total. The maximum absolute atomic E-state index is 14.7. The average Bonchev–Trinajstić information content (AvgIpc) is 2.78. The Morgan fingerprint density at radius 3 is 2.57 bits per heavy atom. The fourth-order valence-corrected chi connectivity index (χ4v) is 3.04. The van der Waals surface area contributed by atoms with E-state index in [0.717, 1.165) is 13.1 Å². The van der Waals surface area contributed by atoms with Gasteiger partial charge in [0.15, 0.2) is 12.4 Å². The second-order valence-corrected chi connectivity index (χ2v) is 7.22. The van der Waals surface area contributed by atoms with Gasteiger partial charge in [-0.05, 0) is 25.1 Å². The van der Waals surface area contributed by atoms with Gasteiger partial charge in [0.25, 0.3) is 11.4 Å². The van der Waals surface area contributed by atoms with Gasteiger partial charge in [-0.3, -0.25) is 4.79 Å². The van der Waals surface area contributed by atoms with Crippen molar-refractivity contribution in [1.82, 2.24) is 14.1 Å². The van der Waals surface area contributed by atoms with E-state index < -0.39 is 47.1 Å². The third-order valence-electron chi connectivity index (χ3n) is 4.39. The number of ether oxygens (including phenoxy) is 3. The first-order valence-corrected chi connectivity index (χ1v) is 10.1. The maximum Gasteiger partial charge on any atom is 0.423 e. The van der Waals surface area contributed by atoms with Crippen LogP contribution in [-0.4, -0.2) is 33.3 Å². The van der Waals surface area contributed by atoms with Gasteiger partial charge < -0.3 is 18.8 Å². The second-order valence-electron chi connectivity index (χ2n) is 6.81. The highest BCUT2D eigenvalue weighted by atomic mass is 35.5. The Bertz CT molecular complexity index is 1390. The predicted octanol–water partition coefficient (Wildman–Crippen LogP) is 3.48. The number of aryl methyl sites for hydroxylation is 1. The van der Waals surface area contributed by atoms with Crippen LogP contribution in [0.2, 0.25) is 5.02 Å². The van der Waals surface area contributed by atoms with Gasteiger partial charge in [0.2, 0.25) is 0 Å². The van der Waals surface area contributed by atoms with Crippen LogP contribution >= 0.6 is 11.6 Å². The molecule has 0 aliphatic heterocycles. The topological polar surface area (TPSA) is 102 Å². The van der Waals surface area contributed by atoms with Crippen molar-refractivity contribution in [2.45, 2.75) is 13.1 Å². The molecule has 0 fully saturated rings. The van der Waals surface area contributed by atoms with Crippen LogP contribution in [0.4, 0.5) is 17.6 Å². The Hall–Kier alpha value is -3.87. The highest BCUT2D eigenvalue weighted by Crippen LogP contribution is 2.36. The summed E-state index contributed by atoms with van der Waals surface area (Å²) in [6.07, 6.45) is -3.47. The third-order valence-corrected chi connectivity index (χ3v) is 4.68. The summed E-state index contributed by atoms with van der Waals surface area (Å²) in [5.74, 6) is -2.59. The Morgan fingerprint density at radius 1 is 1.20 bits per heavy atom. The molecule has 0 saturated carbocycles. The van der Waals surface area contributed by atoms with Gasteiger partial charge in [-0.1, -0.05) is 11.6 Å². The summed E-state index contributed by atoms with van der Waals surface area (Å²) in [6, 6.07) is 4.22. The summed E-state index contributed by atoms with van der Waals surface area (Å²) in [5.41, 5.74) is -5.54. The average molecular weight is 518 g/mol. The summed E-state index contributed by atoms with van der Waals surface area (Å²) in [7, 11) is 0.974. The van der Waals surface area contributed by atoms with E-state index in [0.29, 0.717) is 16.8 Å². The molecule has 0 atom stereocenters. The molecule has 2 heterocycles.